The Kier molecular flexibility index (Phi) is 7.53. The van der Waals surface area contributed by atoms with E-state index in [0.29, 0.717) is 46.9 Å². The molecule has 0 spiro atoms. The number of hydrogen-bond donors (Lipinski definition) is 2. The molecule has 4 heterocycles. The van der Waals surface area contributed by atoms with Crippen molar-refractivity contribution in [3.05, 3.63) is 77.4 Å². The van der Waals surface area contributed by atoms with E-state index in [0.717, 1.165) is 29.4 Å². The van der Waals surface area contributed by atoms with E-state index >= 15 is 0 Å². The number of hydrogen-bond acceptors (Lipinski definition) is 9. The van der Waals surface area contributed by atoms with Crippen molar-refractivity contribution in [2.45, 2.75) is 44.7 Å². The third kappa shape index (κ3) is 5.53. The zero-order valence-electron chi connectivity index (χ0n) is 24.1. The first kappa shape index (κ1) is 28.6. The maximum atomic E-state index is 13.9. The van der Waals surface area contributed by atoms with Gasteiger partial charge in [0.25, 0.3) is 15.9 Å². The summed E-state index contributed by atoms with van der Waals surface area (Å²) in [6.07, 6.45) is 1.54. The van der Waals surface area contributed by atoms with E-state index in [1.54, 1.807) is 12.1 Å². The molecule has 3 N–H and O–H groups in total. The summed E-state index contributed by atoms with van der Waals surface area (Å²) < 4.78 is 46.8. The van der Waals surface area contributed by atoms with Gasteiger partial charge in [0, 0.05) is 24.2 Å². The lowest BCUT2D eigenvalue weighted by Gasteiger charge is -2.29. The molecule has 1 aliphatic rings. The molecule has 5 aromatic rings. The van der Waals surface area contributed by atoms with E-state index in [1.807, 2.05) is 51.1 Å². The molecule has 0 radical (unpaired) electrons. The average molecular weight is 601 g/mol. The molecule has 3 aromatic heterocycles. The molecule has 0 aliphatic carbocycles. The maximum absolute atomic E-state index is 13.9. The molecule has 43 heavy (non-hydrogen) atoms. The minimum absolute atomic E-state index is 0.0146. The Morgan fingerprint density at radius 2 is 1.81 bits per heavy atom. The van der Waals surface area contributed by atoms with Gasteiger partial charge >= 0.3 is 0 Å². The summed E-state index contributed by atoms with van der Waals surface area (Å²) in [6, 6.07) is 17.0. The van der Waals surface area contributed by atoms with Gasteiger partial charge in [-0.05, 0) is 75.4 Å². The number of nitrogens with two attached hydrogens (primary N) is 1. The van der Waals surface area contributed by atoms with Crippen LogP contribution in [0.4, 0.5) is 5.82 Å². The highest BCUT2D eigenvalue weighted by atomic mass is 32.2. The topological polar surface area (TPSA) is 147 Å². The molecule has 6 rings (SSSR count). The van der Waals surface area contributed by atoms with Gasteiger partial charge in [0.1, 0.15) is 22.8 Å². The van der Waals surface area contributed by atoms with Crippen molar-refractivity contribution in [2.24, 2.45) is 5.92 Å². The maximum Gasteiger partial charge on any atom is 0.281 e. The summed E-state index contributed by atoms with van der Waals surface area (Å²) in [6.45, 7) is 7.13. The summed E-state index contributed by atoms with van der Waals surface area (Å²) in [5, 5.41) is 0.956. The van der Waals surface area contributed by atoms with Crippen molar-refractivity contribution in [1.82, 2.24) is 14.7 Å². The largest absolute Gasteiger partial charge is 0.490 e. The Bertz CT molecular complexity index is 1960. The fraction of sp³-hybridized carbons (Fsp3) is 0.281. The van der Waals surface area contributed by atoms with Gasteiger partial charge in [-0.1, -0.05) is 30.3 Å². The number of pyridine rings is 2. The highest BCUT2D eigenvalue weighted by molar-refractivity contribution is 7.90. The van der Waals surface area contributed by atoms with Crippen LogP contribution in [0.5, 0.6) is 5.75 Å². The second-order valence-corrected chi connectivity index (χ2v) is 12.4. The van der Waals surface area contributed by atoms with Crippen LogP contribution >= 0.6 is 0 Å². The number of carbonyl (C=O) groups is 1. The fourth-order valence-corrected chi connectivity index (χ4v) is 6.49. The molecule has 222 valence electrons. The number of sulfonamides is 1. The first-order valence-electron chi connectivity index (χ1n) is 14.1. The quantitative estimate of drug-likeness (QED) is 0.245. The van der Waals surface area contributed by atoms with E-state index in [4.69, 9.17) is 24.6 Å². The molecule has 1 aliphatic heterocycles. The Labute approximate surface area is 249 Å². The van der Waals surface area contributed by atoms with E-state index in [1.165, 1.54) is 18.2 Å². The van der Waals surface area contributed by atoms with Gasteiger partial charge in [-0.2, -0.15) is 8.42 Å². The number of amides is 1. The lowest BCUT2D eigenvalue weighted by Crippen LogP contribution is -2.32. The van der Waals surface area contributed by atoms with E-state index < -0.39 is 15.9 Å². The number of ether oxygens (including phenoxy) is 2. The number of para-hydroxylation sites is 1. The first-order valence-corrected chi connectivity index (χ1v) is 15.6. The average Bonchev–Trinajstić information content (AvgIpc) is 3.34. The number of benzene rings is 2. The zero-order valence-corrected chi connectivity index (χ0v) is 24.9. The van der Waals surface area contributed by atoms with Crippen molar-refractivity contribution in [2.75, 3.05) is 18.9 Å². The van der Waals surface area contributed by atoms with Gasteiger partial charge in [-0.25, -0.2) is 14.7 Å². The number of aromatic nitrogens is 2. The summed E-state index contributed by atoms with van der Waals surface area (Å²) in [5.74, 6) is 0.341. The number of aryl methyl sites for hydroxylation is 2. The minimum Gasteiger partial charge on any atom is -0.490 e. The SMILES string of the molecule is Cc1c(-c2cc(C(=O)NS(=O)(=O)c3cccc(N)n3)c3c(OC(C)C4CCOCC4)ccc(C)c3n2)oc2ccccc12. The van der Waals surface area contributed by atoms with Gasteiger partial charge in [-0.3, -0.25) is 4.79 Å². The van der Waals surface area contributed by atoms with Gasteiger partial charge < -0.3 is 19.6 Å². The van der Waals surface area contributed by atoms with Crippen LogP contribution in [-0.2, 0) is 14.8 Å². The van der Waals surface area contributed by atoms with Crippen LogP contribution in [0, 0.1) is 19.8 Å². The molecule has 10 nitrogen and oxygen atoms in total. The number of nitrogen functional groups attached to an aromatic ring is 1. The molecule has 1 fully saturated rings. The first-order chi connectivity index (χ1) is 20.6. The summed E-state index contributed by atoms with van der Waals surface area (Å²) in [7, 11) is -4.36. The van der Waals surface area contributed by atoms with Crippen LogP contribution in [0.1, 0.15) is 41.3 Å². The van der Waals surface area contributed by atoms with E-state index in [-0.39, 0.29) is 28.4 Å². The molecule has 1 atom stereocenters. The summed E-state index contributed by atoms with van der Waals surface area (Å²) >= 11 is 0. The number of nitrogens with zero attached hydrogens (tertiary/aromatic N) is 2. The molecular weight excluding hydrogens is 568 g/mol. The second-order valence-electron chi connectivity index (χ2n) is 10.8. The van der Waals surface area contributed by atoms with Crippen molar-refractivity contribution in [3.63, 3.8) is 0 Å². The molecule has 0 bridgehead atoms. The Morgan fingerprint density at radius 1 is 1.05 bits per heavy atom. The Morgan fingerprint density at radius 3 is 2.56 bits per heavy atom. The van der Waals surface area contributed by atoms with Crippen molar-refractivity contribution in [1.29, 1.82) is 0 Å². The Hall–Kier alpha value is -4.48. The predicted octanol–water partition coefficient (Wildman–Crippen LogP) is 5.55. The highest BCUT2D eigenvalue weighted by Gasteiger charge is 2.28. The number of fused-ring (bicyclic) bond motifs is 2. The third-order valence-electron chi connectivity index (χ3n) is 7.94. The second kappa shape index (κ2) is 11.3. The van der Waals surface area contributed by atoms with Gasteiger partial charge in [0.2, 0.25) is 0 Å². The minimum atomic E-state index is -4.36. The van der Waals surface area contributed by atoms with Crippen molar-refractivity contribution in [3.8, 4) is 17.2 Å². The van der Waals surface area contributed by atoms with Crippen LogP contribution in [0.15, 0.2) is 70.1 Å². The molecular formula is C32H32N4O6S. The lowest BCUT2D eigenvalue weighted by atomic mass is 9.94. The molecule has 0 saturated carbocycles. The van der Waals surface area contributed by atoms with E-state index in [9.17, 15) is 13.2 Å². The van der Waals surface area contributed by atoms with E-state index in [2.05, 4.69) is 9.71 Å². The number of furan rings is 1. The summed E-state index contributed by atoms with van der Waals surface area (Å²) in [5.41, 5.74) is 8.99. The predicted molar refractivity (Wildman–Crippen MR) is 163 cm³/mol. The molecule has 1 saturated heterocycles. The number of anilines is 1. The normalized spacial score (nSPS) is 15.0. The molecule has 1 amide bonds. The van der Waals surface area contributed by atoms with Crippen LogP contribution in [0.25, 0.3) is 33.3 Å². The van der Waals surface area contributed by atoms with Crippen molar-refractivity contribution >= 4 is 43.6 Å². The zero-order chi connectivity index (χ0) is 30.3. The monoisotopic (exact) mass is 600 g/mol. The molecule has 11 heteroatoms. The number of carbonyl (C=O) groups excluding carboxylic acids is 1. The van der Waals surface area contributed by atoms with Gasteiger partial charge in [0.05, 0.1) is 22.6 Å². The smallest absolute Gasteiger partial charge is 0.281 e. The number of nitrogens with one attached hydrogen (secondary N) is 1. The summed E-state index contributed by atoms with van der Waals surface area (Å²) in [4.78, 5) is 22.8. The van der Waals surface area contributed by atoms with Crippen LogP contribution < -0.4 is 15.2 Å². The van der Waals surface area contributed by atoms with Gasteiger partial charge in [0.15, 0.2) is 10.8 Å². The standard InChI is InChI=1S/C32H32N4O6S/c1-18-11-12-26(41-20(3)21-13-15-40-16-14-21)29-23(32(37)36-43(38,39)28-10-6-9-27(33)35-28)17-24(34-30(18)29)31-19(2)22-7-4-5-8-25(22)42-31/h4-12,17,20-21H,13-16H2,1-3H3,(H2,33,35)(H,36,37). The molecule has 1 unspecified atom stereocenters. The van der Waals surface area contributed by atoms with Gasteiger partial charge in [-0.15, -0.1) is 0 Å². The molecule has 2 aromatic carbocycles. The fourth-order valence-electron chi connectivity index (χ4n) is 5.55. The van der Waals surface area contributed by atoms with Crippen LogP contribution in [0.3, 0.4) is 0 Å². The highest BCUT2D eigenvalue weighted by Crippen LogP contribution is 2.38. The van der Waals surface area contributed by atoms with Crippen LogP contribution in [-0.4, -0.2) is 43.6 Å². The van der Waals surface area contributed by atoms with Crippen LogP contribution in [0.2, 0.25) is 0 Å². The third-order valence-corrected chi connectivity index (χ3v) is 9.17. The van der Waals surface area contributed by atoms with Crippen molar-refractivity contribution < 1.29 is 27.1 Å². The Balaban J connectivity index is 1.51. The number of rotatable bonds is 7. The lowest BCUT2D eigenvalue weighted by molar-refractivity contribution is 0.0243.